The van der Waals surface area contributed by atoms with Gasteiger partial charge in [-0.15, -0.1) is 0 Å². The van der Waals surface area contributed by atoms with Crippen LogP contribution in [0.4, 0.5) is 13.2 Å². The van der Waals surface area contributed by atoms with Gasteiger partial charge in [0.2, 0.25) is 5.91 Å². The summed E-state index contributed by atoms with van der Waals surface area (Å²) >= 11 is 0. The molecule has 7 heteroatoms. The predicted molar refractivity (Wildman–Crippen MR) is 116 cm³/mol. The summed E-state index contributed by atoms with van der Waals surface area (Å²) in [4.78, 5) is 18.0. The summed E-state index contributed by atoms with van der Waals surface area (Å²) in [5, 5.41) is 10.1. The zero-order chi connectivity index (χ0) is 22.4. The Labute approximate surface area is 184 Å². The minimum absolute atomic E-state index is 0.0302. The predicted octanol–water partition coefficient (Wildman–Crippen LogP) is 5.12. The van der Waals surface area contributed by atoms with Crippen molar-refractivity contribution in [2.45, 2.75) is 44.1 Å². The number of hydrogen-bond acceptors (Lipinski definition) is 2. The number of piperidine rings is 1. The maximum Gasteiger partial charge on any atom is 0.226 e. The second kappa shape index (κ2) is 8.28. The maximum absolute atomic E-state index is 14.5. The summed E-state index contributed by atoms with van der Waals surface area (Å²) in [6, 6.07) is 7.92. The van der Waals surface area contributed by atoms with E-state index in [2.05, 4.69) is 4.98 Å². The third-order valence-corrected chi connectivity index (χ3v) is 7.01. The first-order valence-corrected chi connectivity index (χ1v) is 11.1. The summed E-state index contributed by atoms with van der Waals surface area (Å²) in [5.74, 6) is -1.88. The van der Waals surface area contributed by atoms with Crippen molar-refractivity contribution in [1.29, 1.82) is 0 Å². The van der Waals surface area contributed by atoms with Crippen LogP contribution in [0.2, 0.25) is 0 Å². The number of aliphatic hydroxyl groups is 1. The first-order valence-electron chi connectivity index (χ1n) is 11.1. The van der Waals surface area contributed by atoms with E-state index in [0.29, 0.717) is 36.0 Å². The molecule has 1 aromatic heterocycles. The molecule has 32 heavy (non-hydrogen) atoms. The van der Waals surface area contributed by atoms with Gasteiger partial charge in [-0.3, -0.25) is 4.79 Å². The van der Waals surface area contributed by atoms with E-state index in [1.807, 2.05) is 0 Å². The van der Waals surface area contributed by atoms with Crippen LogP contribution in [0.5, 0.6) is 0 Å². The van der Waals surface area contributed by atoms with Crippen molar-refractivity contribution in [1.82, 2.24) is 9.88 Å². The van der Waals surface area contributed by atoms with Gasteiger partial charge in [0.1, 0.15) is 17.5 Å². The molecular weight excluding hydrogens is 417 g/mol. The Bertz CT molecular complexity index is 1150. The van der Waals surface area contributed by atoms with Gasteiger partial charge in [0.15, 0.2) is 0 Å². The molecule has 4 nitrogen and oxygen atoms in total. The lowest BCUT2D eigenvalue weighted by Crippen LogP contribution is -2.50. The van der Waals surface area contributed by atoms with Gasteiger partial charge >= 0.3 is 0 Å². The number of likely N-dealkylation sites (tertiary alicyclic amines) is 1. The number of aromatic amines is 1. The fraction of sp³-hybridized carbons (Fsp3) is 0.400. The van der Waals surface area contributed by atoms with E-state index in [1.54, 1.807) is 17.0 Å². The van der Waals surface area contributed by atoms with Crippen LogP contribution >= 0.6 is 0 Å². The van der Waals surface area contributed by atoms with E-state index < -0.39 is 11.6 Å². The number of carbonyl (C=O) groups excluding carboxylic acids is 1. The average molecular weight is 442 g/mol. The molecule has 3 aromatic rings. The van der Waals surface area contributed by atoms with Crippen LogP contribution in [0.3, 0.4) is 0 Å². The number of aliphatic hydroxyl groups excluding tert-OH is 1. The summed E-state index contributed by atoms with van der Waals surface area (Å²) in [5.41, 5.74) is 2.30. The molecule has 1 atom stereocenters. The van der Waals surface area contributed by atoms with Crippen LogP contribution in [-0.2, 0) is 4.79 Å². The Balaban J connectivity index is 1.47. The van der Waals surface area contributed by atoms with Crippen molar-refractivity contribution in [2.24, 2.45) is 5.92 Å². The molecule has 1 aliphatic heterocycles. The zero-order valence-corrected chi connectivity index (χ0v) is 17.6. The standard InChI is InChI=1S/C25H25F3N2O2/c26-17-6-4-14(5-7-17)23-22(20-11-18(27)12-21(28)24(20)29-23)15-9-16(10-15)25(32)30-8-2-1-3-19(30)13-31/h4-7,11-12,15-16,19,29,31H,1-3,8-10,13H2/t15-,16-,19-/m0/s1. The SMILES string of the molecule is O=C([C@H]1C[C@H](c2c(-c3ccc(F)cc3)[nH]c3c(F)cc(F)cc32)C1)N1CCCC[C@H]1CO. The molecule has 0 bridgehead atoms. The number of fused-ring (bicyclic) bond motifs is 1. The molecule has 2 aromatic carbocycles. The second-order valence-corrected chi connectivity index (χ2v) is 8.96. The number of benzene rings is 2. The molecule has 2 fully saturated rings. The minimum atomic E-state index is -0.680. The first kappa shape index (κ1) is 21.1. The molecule has 1 saturated heterocycles. The zero-order valence-electron chi connectivity index (χ0n) is 17.6. The van der Waals surface area contributed by atoms with Crippen molar-refractivity contribution in [3.8, 4) is 11.3 Å². The fourth-order valence-corrected chi connectivity index (χ4v) is 5.28. The van der Waals surface area contributed by atoms with Crippen molar-refractivity contribution < 1.29 is 23.1 Å². The monoisotopic (exact) mass is 442 g/mol. The Morgan fingerprint density at radius 3 is 2.53 bits per heavy atom. The highest BCUT2D eigenvalue weighted by Gasteiger charge is 2.41. The van der Waals surface area contributed by atoms with Crippen molar-refractivity contribution >= 4 is 16.8 Å². The lowest BCUT2D eigenvalue weighted by molar-refractivity contribution is -0.143. The Hall–Kier alpha value is -2.80. The largest absolute Gasteiger partial charge is 0.394 e. The van der Waals surface area contributed by atoms with Gasteiger partial charge in [-0.2, -0.15) is 0 Å². The van der Waals surface area contributed by atoms with Crippen molar-refractivity contribution in [2.75, 3.05) is 13.2 Å². The Kier molecular flexibility index (Phi) is 5.45. The second-order valence-electron chi connectivity index (χ2n) is 8.96. The lowest BCUT2D eigenvalue weighted by atomic mass is 9.69. The van der Waals surface area contributed by atoms with Crippen LogP contribution < -0.4 is 0 Å². The van der Waals surface area contributed by atoms with E-state index in [1.165, 1.54) is 18.2 Å². The van der Waals surface area contributed by atoms with Gasteiger partial charge in [-0.05, 0) is 79.5 Å². The average Bonchev–Trinajstić information content (AvgIpc) is 3.12. The van der Waals surface area contributed by atoms with E-state index in [0.717, 1.165) is 30.9 Å². The van der Waals surface area contributed by atoms with Gasteiger partial charge < -0.3 is 15.0 Å². The highest BCUT2D eigenvalue weighted by molar-refractivity contribution is 5.92. The van der Waals surface area contributed by atoms with E-state index in [4.69, 9.17) is 0 Å². The van der Waals surface area contributed by atoms with Gasteiger partial charge in [0, 0.05) is 23.9 Å². The third-order valence-electron chi connectivity index (χ3n) is 7.01. The third kappa shape index (κ3) is 3.58. The molecule has 0 spiro atoms. The van der Waals surface area contributed by atoms with E-state index in [-0.39, 0.29) is 41.7 Å². The molecule has 1 saturated carbocycles. The van der Waals surface area contributed by atoms with E-state index >= 15 is 0 Å². The number of halogens is 3. The molecule has 1 amide bonds. The van der Waals surface area contributed by atoms with Crippen LogP contribution in [0, 0.1) is 23.4 Å². The number of rotatable bonds is 4. The molecule has 1 aliphatic carbocycles. The van der Waals surface area contributed by atoms with E-state index in [9.17, 15) is 23.1 Å². The van der Waals surface area contributed by atoms with Gasteiger partial charge in [-0.25, -0.2) is 13.2 Å². The van der Waals surface area contributed by atoms with Crippen LogP contribution in [0.1, 0.15) is 43.6 Å². The molecule has 2 aliphatic rings. The van der Waals surface area contributed by atoms with Crippen LogP contribution in [0.25, 0.3) is 22.2 Å². The summed E-state index contributed by atoms with van der Waals surface area (Å²) in [6.45, 7) is 0.632. The van der Waals surface area contributed by atoms with Gasteiger partial charge in [0.25, 0.3) is 0 Å². The Morgan fingerprint density at radius 1 is 1.06 bits per heavy atom. The minimum Gasteiger partial charge on any atom is -0.394 e. The molecule has 0 unspecified atom stereocenters. The van der Waals surface area contributed by atoms with Crippen molar-refractivity contribution in [3.63, 3.8) is 0 Å². The highest BCUT2D eigenvalue weighted by atomic mass is 19.1. The fourth-order valence-electron chi connectivity index (χ4n) is 5.28. The number of aromatic nitrogens is 1. The normalized spacial score (nSPS) is 23.4. The number of hydrogen-bond donors (Lipinski definition) is 2. The van der Waals surface area contributed by atoms with Crippen LogP contribution in [0.15, 0.2) is 36.4 Å². The van der Waals surface area contributed by atoms with Gasteiger partial charge in [0.05, 0.1) is 23.9 Å². The molecular formula is C25H25F3N2O2. The lowest BCUT2D eigenvalue weighted by Gasteiger charge is -2.42. The summed E-state index contributed by atoms with van der Waals surface area (Å²) in [7, 11) is 0. The molecule has 2 heterocycles. The number of nitrogens with one attached hydrogen (secondary N) is 1. The molecule has 2 N–H and O–H groups in total. The topological polar surface area (TPSA) is 56.3 Å². The Morgan fingerprint density at radius 2 is 1.81 bits per heavy atom. The van der Waals surface area contributed by atoms with Crippen molar-refractivity contribution in [3.05, 3.63) is 59.4 Å². The number of H-pyrrole nitrogens is 1. The number of carbonyl (C=O) groups is 1. The maximum atomic E-state index is 14.5. The molecule has 168 valence electrons. The first-order chi connectivity index (χ1) is 15.5. The summed E-state index contributed by atoms with van der Waals surface area (Å²) in [6.07, 6.45) is 3.91. The number of amides is 1. The number of nitrogens with zero attached hydrogens (tertiary/aromatic N) is 1. The van der Waals surface area contributed by atoms with Gasteiger partial charge in [-0.1, -0.05) is 0 Å². The highest BCUT2D eigenvalue weighted by Crippen LogP contribution is 2.49. The quantitative estimate of drug-likeness (QED) is 0.589. The molecule has 5 rings (SSSR count). The smallest absolute Gasteiger partial charge is 0.226 e. The summed E-state index contributed by atoms with van der Waals surface area (Å²) < 4.78 is 42.0. The van der Waals surface area contributed by atoms with Crippen LogP contribution in [-0.4, -0.2) is 40.1 Å². The molecule has 0 radical (unpaired) electrons.